The zero-order valence-electron chi connectivity index (χ0n) is 11.8. The van der Waals surface area contributed by atoms with E-state index in [1.165, 1.54) is 11.3 Å². The average Bonchev–Trinajstić information content (AvgIpc) is 3.13. The van der Waals surface area contributed by atoms with Crippen molar-refractivity contribution >= 4 is 39.9 Å². The van der Waals surface area contributed by atoms with Gasteiger partial charge in [0.05, 0.1) is 17.3 Å². The van der Waals surface area contributed by atoms with Crippen molar-refractivity contribution in [1.82, 2.24) is 29.9 Å². The zero-order chi connectivity index (χ0) is 14.7. The normalized spacial score (nSPS) is 11.1. The predicted molar refractivity (Wildman–Crippen MR) is 84.6 cm³/mol. The molecule has 0 saturated heterocycles. The van der Waals surface area contributed by atoms with Gasteiger partial charge in [-0.1, -0.05) is 30.0 Å². The second kappa shape index (κ2) is 6.35. The third-order valence-electron chi connectivity index (χ3n) is 2.85. The molecule has 0 radical (unpaired) electrons. The molecule has 7 nitrogen and oxygen atoms in total. The lowest BCUT2D eigenvalue weighted by atomic mass is 10.3. The van der Waals surface area contributed by atoms with Gasteiger partial charge in [0.15, 0.2) is 9.99 Å². The van der Waals surface area contributed by atoms with Crippen molar-refractivity contribution in [3.8, 4) is 0 Å². The van der Waals surface area contributed by atoms with E-state index in [9.17, 15) is 0 Å². The van der Waals surface area contributed by atoms with E-state index in [0.29, 0.717) is 5.75 Å². The van der Waals surface area contributed by atoms with Crippen molar-refractivity contribution in [3.63, 3.8) is 0 Å². The molecule has 3 aromatic rings. The molecule has 0 unspecified atom stereocenters. The largest absolute Gasteiger partial charge is 0.369 e. The van der Waals surface area contributed by atoms with Gasteiger partial charge in [-0.2, -0.15) is 5.10 Å². The van der Waals surface area contributed by atoms with Crippen LogP contribution in [0.1, 0.15) is 19.2 Å². The maximum Gasteiger partial charge on any atom is 0.174 e. The number of fused-ring (bicyclic) bond motifs is 1. The lowest BCUT2D eigenvalue weighted by molar-refractivity contribution is 0.782. The van der Waals surface area contributed by atoms with E-state index in [1.807, 2.05) is 7.05 Å². The molecule has 0 bridgehead atoms. The maximum absolute atomic E-state index is 4.61. The molecular weight excluding hydrogens is 306 g/mol. The van der Waals surface area contributed by atoms with Crippen LogP contribution in [0.2, 0.25) is 0 Å². The molecule has 110 valence electrons. The van der Waals surface area contributed by atoms with Gasteiger partial charge >= 0.3 is 0 Å². The Morgan fingerprint density at radius 1 is 1.38 bits per heavy atom. The highest BCUT2D eigenvalue weighted by Gasteiger charge is 2.12. The number of hydrogen-bond acceptors (Lipinski definition) is 8. The summed E-state index contributed by atoms with van der Waals surface area (Å²) in [6, 6.07) is 0. The highest BCUT2D eigenvalue weighted by atomic mass is 32.2. The van der Waals surface area contributed by atoms with E-state index >= 15 is 0 Å². The average molecular weight is 321 g/mol. The van der Waals surface area contributed by atoms with Crippen LogP contribution in [0.15, 0.2) is 16.0 Å². The monoisotopic (exact) mass is 321 g/mol. The molecule has 0 spiro atoms. The van der Waals surface area contributed by atoms with E-state index in [-0.39, 0.29) is 0 Å². The van der Waals surface area contributed by atoms with E-state index in [0.717, 1.165) is 40.0 Å². The van der Waals surface area contributed by atoms with E-state index in [4.69, 9.17) is 0 Å². The van der Waals surface area contributed by atoms with Gasteiger partial charge in [-0.15, -0.1) is 10.2 Å². The SMILES string of the molecule is CCCNc1nc(CSc2nncs2)nc2c1cnn2C. The van der Waals surface area contributed by atoms with Crippen molar-refractivity contribution in [3.05, 3.63) is 17.5 Å². The molecule has 21 heavy (non-hydrogen) atoms. The molecule has 3 aromatic heterocycles. The van der Waals surface area contributed by atoms with Crippen LogP contribution < -0.4 is 5.32 Å². The van der Waals surface area contributed by atoms with Gasteiger partial charge in [-0.3, -0.25) is 4.68 Å². The van der Waals surface area contributed by atoms with Gasteiger partial charge in [0.25, 0.3) is 0 Å². The molecule has 0 saturated carbocycles. The summed E-state index contributed by atoms with van der Waals surface area (Å²) in [4.78, 5) is 9.20. The standard InChI is InChI=1S/C12H15N7S2/c1-3-4-13-10-8-5-15-19(2)11(8)17-9(16-10)6-20-12-18-14-7-21-12/h5,7H,3-4,6H2,1-2H3,(H,13,16,17). The summed E-state index contributed by atoms with van der Waals surface area (Å²) >= 11 is 3.11. The fourth-order valence-corrected chi connectivity index (χ4v) is 3.21. The molecule has 0 amide bonds. The first-order chi connectivity index (χ1) is 10.3. The maximum atomic E-state index is 4.61. The van der Waals surface area contributed by atoms with Crippen LogP contribution in [0.5, 0.6) is 0 Å². The summed E-state index contributed by atoms with van der Waals surface area (Å²) < 4.78 is 2.69. The van der Waals surface area contributed by atoms with E-state index in [1.54, 1.807) is 28.2 Å². The highest BCUT2D eigenvalue weighted by Crippen LogP contribution is 2.25. The van der Waals surface area contributed by atoms with Gasteiger partial charge in [0.1, 0.15) is 17.2 Å². The molecule has 1 N–H and O–H groups in total. The lowest BCUT2D eigenvalue weighted by Crippen LogP contribution is -2.06. The number of nitrogens with zero attached hydrogens (tertiary/aromatic N) is 6. The molecule has 0 aromatic carbocycles. The Kier molecular flexibility index (Phi) is 4.30. The number of rotatable bonds is 6. The van der Waals surface area contributed by atoms with Crippen LogP contribution >= 0.6 is 23.1 Å². The van der Waals surface area contributed by atoms with Crippen LogP contribution in [0, 0.1) is 0 Å². The lowest BCUT2D eigenvalue weighted by Gasteiger charge is -2.07. The third kappa shape index (κ3) is 3.13. The van der Waals surface area contributed by atoms with Crippen molar-refractivity contribution in [1.29, 1.82) is 0 Å². The van der Waals surface area contributed by atoms with Crippen molar-refractivity contribution < 1.29 is 0 Å². The van der Waals surface area contributed by atoms with Gasteiger partial charge in [-0.25, -0.2) is 9.97 Å². The molecule has 3 rings (SSSR count). The topological polar surface area (TPSA) is 81.4 Å². The second-order valence-electron chi connectivity index (χ2n) is 4.41. The minimum atomic E-state index is 0.664. The van der Waals surface area contributed by atoms with Gasteiger partial charge in [0, 0.05) is 13.6 Å². The summed E-state index contributed by atoms with van der Waals surface area (Å²) in [7, 11) is 1.89. The number of anilines is 1. The fourth-order valence-electron chi connectivity index (χ4n) is 1.86. The Balaban J connectivity index is 1.88. The van der Waals surface area contributed by atoms with Crippen LogP contribution in [0.4, 0.5) is 5.82 Å². The minimum Gasteiger partial charge on any atom is -0.369 e. The van der Waals surface area contributed by atoms with Crippen LogP contribution in [0.25, 0.3) is 11.0 Å². The van der Waals surface area contributed by atoms with Crippen molar-refractivity contribution in [2.24, 2.45) is 7.05 Å². The summed E-state index contributed by atoms with van der Waals surface area (Å²) in [6.07, 6.45) is 2.84. The zero-order valence-corrected chi connectivity index (χ0v) is 13.4. The quantitative estimate of drug-likeness (QED) is 0.698. The Bertz CT molecular complexity index is 723. The molecule has 0 fully saturated rings. The Labute approximate surface area is 130 Å². The predicted octanol–water partition coefficient (Wildman–Crippen LogP) is 2.33. The van der Waals surface area contributed by atoms with E-state index in [2.05, 4.69) is 37.5 Å². The second-order valence-corrected chi connectivity index (χ2v) is 6.47. The molecule has 0 aliphatic carbocycles. The first-order valence-electron chi connectivity index (χ1n) is 6.59. The fraction of sp³-hybridized carbons (Fsp3) is 0.417. The highest BCUT2D eigenvalue weighted by molar-refractivity contribution is 8.00. The molecule has 0 aliphatic rings. The number of thioether (sulfide) groups is 1. The first kappa shape index (κ1) is 14.2. The number of nitrogens with one attached hydrogen (secondary N) is 1. The molecular formula is C12H15N7S2. The Morgan fingerprint density at radius 3 is 3.05 bits per heavy atom. The van der Waals surface area contributed by atoms with Gasteiger partial charge < -0.3 is 5.32 Å². The van der Waals surface area contributed by atoms with Gasteiger partial charge in [-0.05, 0) is 6.42 Å². The summed E-state index contributed by atoms with van der Waals surface area (Å²) in [5.74, 6) is 2.28. The minimum absolute atomic E-state index is 0.664. The smallest absolute Gasteiger partial charge is 0.174 e. The molecule has 9 heteroatoms. The summed E-state index contributed by atoms with van der Waals surface area (Å²) in [5, 5.41) is 16.4. The van der Waals surface area contributed by atoms with Crippen molar-refractivity contribution in [2.75, 3.05) is 11.9 Å². The van der Waals surface area contributed by atoms with Gasteiger partial charge in [0.2, 0.25) is 0 Å². The number of aryl methyl sites for hydroxylation is 1. The Hall–Kier alpha value is -1.74. The molecule has 0 aliphatic heterocycles. The molecule has 3 heterocycles. The number of aromatic nitrogens is 6. The van der Waals surface area contributed by atoms with Crippen LogP contribution in [-0.4, -0.2) is 36.5 Å². The Morgan fingerprint density at radius 2 is 2.29 bits per heavy atom. The third-order valence-corrected chi connectivity index (χ3v) is 4.70. The number of hydrogen-bond donors (Lipinski definition) is 1. The summed E-state index contributed by atoms with van der Waals surface area (Å²) in [6.45, 7) is 3.00. The van der Waals surface area contributed by atoms with Crippen LogP contribution in [0.3, 0.4) is 0 Å². The summed E-state index contributed by atoms with van der Waals surface area (Å²) in [5.41, 5.74) is 2.57. The van der Waals surface area contributed by atoms with Crippen LogP contribution in [-0.2, 0) is 12.8 Å². The first-order valence-corrected chi connectivity index (χ1v) is 8.46. The molecule has 0 atom stereocenters. The van der Waals surface area contributed by atoms with Crippen molar-refractivity contribution in [2.45, 2.75) is 23.4 Å². The van der Waals surface area contributed by atoms with E-state index < -0.39 is 0 Å².